The lowest BCUT2D eigenvalue weighted by Crippen LogP contribution is -2.54. The third-order valence-corrected chi connectivity index (χ3v) is 3.90. The number of ether oxygens (including phenoxy) is 1. The second kappa shape index (κ2) is 5.83. The maximum absolute atomic E-state index is 11.2. The van der Waals surface area contributed by atoms with Crippen LogP contribution in [0.4, 0.5) is 0 Å². The summed E-state index contributed by atoms with van der Waals surface area (Å²) in [5, 5.41) is 9.24. The number of carboxylic acids is 1. The SMILES string of the molecule is CCCC1CC(N(C)C(C)(C)C(=O)O)CCO1. The van der Waals surface area contributed by atoms with Gasteiger partial charge in [-0.15, -0.1) is 0 Å². The van der Waals surface area contributed by atoms with Gasteiger partial charge in [-0.05, 0) is 40.2 Å². The average molecular weight is 243 g/mol. The van der Waals surface area contributed by atoms with Crippen molar-refractivity contribution in [2.75, 3.05) is 13.7 Å². The number of rotatable bonds is 5. The normalized spacial score (nSPS) is 26.2. The Morgan fingerprint density at radius 2 is 2.18 bits per heavy atom. The Bertz CT molecular complexity index is 263. The van der Waals surface area contributed by atoms with Crippen molar-refractivity contribution in [3.63, 3.8) is 0 Å². The summed E-state index contributed by atoms with van der Waals surface area (Å²) in [5.41, 5.74) is -0.807. The van der Waals surface area contributed by atoms with Crippen molar-refractivity contribution >= 4 is 5.97 Å². The topological polar surface area (TPSA) is 49.8 Å². The first-order valence-corrected chi connectivity index (χ1v) is 6.47. The van der Waals surface area contributed by atoms with Crippen LogP contribution in [0.15, 0.2) is 0 Å². The summed E-state index contributed by atoms with van der Waals surface area (Å²) in [6, 6.07) is 0.311. The van der Waals surface area contributed by atoms with Gasteiger partial charge in [0.2, 0.25) is 0 Å². The van der Waals surface area contributed by atoms with E-state index in [4.69, 9.17) is 4.74 Å². The number of likely N-dealkylation sites (N-methyl/N-ethyl adjacent to an activating group) is 1. The van der Waals surface area contributed by atoms with E-state index in [1.807, 2.05) is 11.9 Å². The second-order valence-electron chi connectivity index (χ2n) is 5.43. The molecule has 0 aliphatic carbocycles. The third-order valence-electron chi connectivity index (χ3n) is 3.90. The zero-order valence-electron chi connectivity index (χ0n) is 11.4. The van der Waals surface area contributed by atoms with Crippen LogP contribution in [0.3, 0.4) is 0 Å². The Balaban J connectivity index is 2.63. The number of hydrogen-bond donors (Lipinski definition) is 1. The van der Waals surface area contributed by atoms with E-state index in [0.717, 1.165) is 32.3 Å². The quantitative estimate of drug-likeness (QED) is 0.803. The first-order chi connectivity index (χ1) is 7.89. The molecular weight excluding hydrogens is 218 g/mol. The van der Waals surface area contributed by atoms with Crippen LogP contribution in [0.25, 0.3) is 0 Å². The van der Waals surface area contributed by atoms with Gasteiger partial charge < -0.3 is 9.84 Å². The van der Waals surface area contributed by atoms with Crippen molar-refractivity contribution < 1.29 is 14.6 Å². The predicted molar refractivity (Wildman–Crippen MR) is 67.1 cm³/mol. The molecule has 0 radical (unpaired) electrons. The van der Waals surface area contributed by atoms with E-state index in [-0.39, 0.29) is 0 Å². The van der Waals surface area contributed by atoms with Crippen LogP contribution < -0.4 is 0 Å². The van der Waals surface area contributed by atoms with Gasteiger partial charge in [0.05, 0.1) is 6.10 Å². The first-order valence-electron chi connectivity index (χ1n) is 6.47. The Morgan fingerprint density at radius 1 is 1.53 bits per heavy atom. The maximum atomic E-state index is 11.2. The molecule has 0 amide bonds. The number of nitrogens with zero attached hydrogens (tertiary/aromatic N) is 1. The van der Waals surface area contributed by atoms with Crippen molar-refractivity contribution in [3.8, 4) is 0 Å². The molecule has 17 heavy (non-hydrogen) atoms. The van der Waals surface area contributed by atoms with Gasteiger partial charge in [-0.25, -0.2) is 0 Å². The summed E-state index contributed by atoms with van der Waals surface area (Å²) in [4.78, 5) is 13.2. The smallest absolute Gasteiger partial charge is 0.323 e. The van der Waals surface area contributed by atoms with Crippen LogP contribution in [-0.2, 0) is 9.53 Å². The van der Waals surface area contributed by atoms with Gasteiger partial charge in [0.25, 0.3) is 0 Å². The minimum Gasteiger partial charge on any atom is -0.480 e. The summed E-state index contributed by atoms with van der Waals surface area (Å²) in [6.45, 7) is 6.42. The third kappa shape index (κ3) is 3.42. The molecular formula is C13H25NO3. The van der Waals surface area contributed by atoms with Crippen molar-refractivity contribution in [2.45, 2.75) is 64.1 Å². The Kier molecular flexibility index (Phi) is 4.95. The fraction of sp³-hybridized carbons (Fsp3) is 0.923. The van der Waals surface area contributed by atoms with Crippen LogP contribution in [0.1, 0.15) is 46.5 Å². The van der Waals surface area contributed by atoms with Crippen LogP contribution in [0.2, 0.25) is 0 Å². The molecule has 0 spiro atoms. The molecule has 0 aromatic heterocycles. The molecule has 1 heterocycles. The molecule has 0 bridgehead atoms. The Labute approximate surface area is 104 Å². The lowest BCUT2D eigenvalue weighted by molar-refractivity contribution is -0.152. The van der Waals surface area contributed by atoms with E-state index < -0.39 is 11.5 Å². The molecule has 0 aromatic carbocycles. The monoisotopic (exact) mass is 243 g/mol. The summed E-state index contributed by atoms with van der Waals surface area (Å²) in [7, 11) is 1.91. The fourth-order valence-corrected chi connectivity index (χ4v) is 2.34. The molecule has 1 rings (SSSR count). The van der Waals surface area contributed by atoms with Gasteiger partial charge in [0.1, 0.15) is 5.54 Å². The molecule has 2 atom stereocenters. The zero-order valence-corrected chi connectivity index (χ0v) is 11.4. The van der Waals surface area contributed by atoms with Gasteiger partial charge >= 0.3 is 5.97 Å². The van der Waals surface area contributed by atoms with Crippen LogP contribution in [0.5, 0.6) is 0 Å². The van der Waals surface area contributed by atoms with Gasteiger partial charge in [-0.3, -0.25) is 9.69 Å². The van der Waals surface area contributed by atoms with Crippen LogP contribution in [-0.4, -0.2) is 47.3 Å². The molecule has 2 unspecified atom stereocenters. The van der Waals surface area contributed by atoms with Gasteiger partial charge in [-0.2, -0.15) is 0 Å². The highest BCUT2D eigenvalue weighted by Gasteiger charge is 2.38. The summed E-state index contributed by atoms with van der Waals surface area (Å²) in [5.74, 6) is -0.765. The van der Waals surface area contributed by atoms with Gasteiger partial charge in [-0.1, -0.05) is 13.3 Å². The second-order valence-corrected chi connectivity index (χ2v) is 5.43. The first kappa shape index (κ1) is 14.5. The molecule has 100 valence electrons. The highest BCUT2D eigenvalue weighted by atomic mass is 16.5. The maximum Gasteiger partial charge on any atom is 0.323 e. The number of aliphatic carboxylic acids is 1. The number of carbonyl (C=O) groups is 1. The molecule has 1 aliphatic heterocycles. The Hall–Kier alpha value is -0.610. The van der Waals surface area contributed by atoms with E-state index in [1.54, 1.807) is 13.8 Å². The van der Waals surface area contributed by atoms with Crippen molar-refractivity contribution in [3.05, 3.63) is 0 Å². The molecule has 0 aromatic rings. The van der Waals surface area contributed by atoms with Gasteiger partial charge in [0.15, 0.2) is 0 Å². The molecule has 0 saturated carbocycles. The fourth-order valence-electron chi connectivity index (χ4n) is 2.34. The predicted octanol–water partition coefficient (Wildman–Crippen LogP) is 2.13. The molecule has 4 heteroatoms. The Morgan fingerprint density at radius 3 is 2.71 bits per heavy atom. The lowest BCUT2D eigenvalue weighted by atomic mass is 9.94. The molecule has 1 fully saturated rings. The van der Waals surface area contributed by atoms with E-state index >= 15 is 0 Å². The average Bonchev–Trinajstić information content (AvgIpc) is 2.28. The van der Waals surface area contributed by atoms with E-state index in [9.17, 15) is 9.90 Å². The zero-order chi connectivity index (χ0) is 13.1. The number of hydrogen-bond acceptors (Lipinski definition) is 3. The molecule has 1 N–H and O–H groups in total. The van der Waals surface area contributed by atoms with E-state index in [0.29, 0.717) is 12.1 Å². The lowest BCUT2D eigenvalue weighted by Gasteiger charge is -2.42. The van der Waals surface area contributed by atoms with Crippen LogP contribution in [0, 0.1) is 0 Å². The van der Waals surface area contributed by atoms with Crippen molar-refractivity contribution in [2.24, 2.45) is 0 Å². The van der Waals surface area contributed by atoms with E-state index in [2.05, 4.69) is 6.92 Å². The number of carboxylic acid groups (broad SMARTS) is 1. The van der Waals surface area contributed by atoms with Gasteiger partial charge in [0, 0.05) is 12.6 Å². The summed E-state index contributed by atoms with van der Waals surface area (Å²) >= 11 is 0. The highest BCUT2D eigenvalue weighted by molar-refractivity contribution is 5.77. The summed E-state index contributed by atoms with van der Waals surface area (Å²) < 4.78 is 5.70. The molecule has 4 nitrogen and oxygen atoms in total. The van der Waals surface area contributed by atoms with Crippen LogP contribution >= 0.6 is 0 Å². The summed E-state index contributed by atoms with van der Waals surface area (Å²) in [6.07, 6.45) is 4.35. The minimum absolute atomic E-state index is 0.297. The minimum atomic E-state index is -0.807. The molecule has 1 aliphatic rings. The molecule has 1 saturated heterocycles. The standard InChI is InChI=1S/C13H25NO3/c1-5-6-11-9-10(7-8-17-11)14(4)13(2,3)12(15)16/h10-11H,5-9H2,1-4H3,(H,15,16). The van der Waals surface area contributed by atoms with Crippen molar-refractivity contribution in [1.29, 1.82) is 0 Å². The van der Waals surface area contributed by atoms with E-state index in [1.165, 1.54) is 0 Å². The highest BCUT2D eigenvalue weighted by Crippen LogP contribution is 2.26. The van der Waals surface area contributed by atoms with Crippen molar-refractivity contribution in [1.82, 2.24) is 4.90 Å². The largest absolute Gasteiger partial charge is 0.480 e.